The van der Waals surface area contributed by atoms with Crippen molar-refractivity contribution in [3.8, 4) is 0 Å². The Kier molecular flexibility index (Phi) is 4.42. The van der Waals surface area contributed by atoms with Gasteiger partial charge in [-0.2, -0.15) is 0 Å². The maximum atomic E-state index is 12.3. The van der Waals surface area contributed by atoms with Crippen LogP contribution in [0.1, 0.15) is 21.5 Å². The van der Waals surface area contributed by atoms with Crippen molar-refractivity contribution in [1.29, 1.82) is 0 Å². The van der Waals surface area contributed by atoms with E-state index < -0.39 is 0 Å². The molecule has 0 aromatic heterocycles. The number of nitrogens with one attached hydrogen (secondary N) is 1. The highest BCUT2D eigenvalue weighted by molar-refractivity contribution is 9.10. The molecule has 0 fully saturated rings. The number of aryl methyl sites for hydroxylation is 1. The first kappa shape index (κ1) is 14.3. The highest BCUT2D eigenvalue weighted by Gasteiger charge is 2.12. The Morgan fingerprint density at radius 1 is 1.05 bits per heavy atom. The molecule has 0 radical (unpaired) electrons. The van der Waals surface area contributed by atoms with E-state index >= 15 is 0 Å². The number of amides is 1. The highest BCUT2D eigenvalue weighted by Crippen LogP contribution is 2.26. The molecule has 0 saturated heterocycles. The predicted octanol–water partition coefficient (Wildman–Crippen LogP) is 5.08. The van der Waals surface area contributed by atoms with Gasteiger partial charge in [0.15, 0.2) is 0 Å². The topological polar surface area (TPSA) is 29.1 Å². The molecule has 2 nitrogen and oxygen atoms in total. The number of carbonyl (C=O) groups excluding carboxylic acids is 1. The summed E-state index contributed by atoms with van der Waals surface area (Å²) in [7, 11) is 0. The van der Waals surface area contributed by atoms with Crippen molar-refractivity contribution in [2.75, 3.05) is 5.32 Å². The molecule has 2 aromatic carbocycles. The van der Waals surface area contributed by atoms with E-state index in [1.807, 2.05) is 44.2 Å². The fraction of sp³-hybridized carbons (Fsp3) is 0.133. The third-order valence-corrected chi connectivity index (χ3v) is 4.86. The fourth-order valence-electron chi connectivity index (χ4n) is 1.76. The molecule has 4 heteroatoms. The molecule has 0 spiro atoms. The summed E-state index contributed by atoms with van der Waals surface area (Å²) in [5, 5.41) is 2.94. The van der Waals surface area contributed by atoms with Gasteiger partial charge in [0.1, 0.15) is 0 Å². The number of hydrogen-bond donors (Lipinski definition) is 1. The summed E-state index contributed by atoms with van der Waals surface area (Å²) in [5.74, 6) is -0.114. The first-order valence-electron chi connectivity index (χ1n) is 5.82. The van der Waals surface area contributed by atoms with Crippen LogP contribution in [0.15, 0.2) is 45.3 Å². The van der Waals surface area contributed by atoms with Gasteiger partial charge in [-0.05, 0) is 59.1 Å². The summed E-state index contributed by atoms with van der Waals surface area (Å²) >= 11 is 6.91. The summed E-state index contributed by atoms with van der Waals surface area (Å²) in [5.41, 5.74) is 3.50. The molecule has 19 heavy (non-hydrogen) atoms. The van der Waals surface area contributed by atoms with Crippen LogP contribution in [-0.4, -0.2) is 5.91 Å². The van der Waals surface area contributed by atoms with Gasteiger partial charge in [-0.1, -0.05) is 34.1 Å². The molecule has 0 heterocycles. The molecule has 2 rings (SSSR count). The van der Waals surface area contributed by atoms with E-state index in [2.05, 4.69) is 37.2 Å². The largest absolute Gasteiger partial charge is 0.322 e. The smallest absolute Gasteiger partial charge is 0.256 e. The Labute approximate surface area is 129 Å². The van der Waals surface area contributed by atoms with Crippen molar-refractivity contribution in [2.24, 2.45) is 0 Å². The van der Waals surface area contributed by atoms with Gasteiger partial charge in [0.05, 0.1) is 5.56 Å². The van der Waals surface area contributed by atoms with Gasteiger partial charge >= 0.3 is 0 Å². The lowest BCUT2D eigenvalue weighted by Crippen LogP contribution is -2.13. The van der Waals surface area contributed by atoms with Crippen molar-refractivity contribution >= 4 is 43.5 Å². The zero-order valence-electron chi connectivity index (χ0n) is 10.6. The van der Waals surface area contributed by atoms with Crippen LogP contribution in [0.3, 0.4) is 0 Å². The molecule has 98 valence electrons. The second-order valence-electron chi connectivity index (χ2n) is 4.30. The second kappa shape index (κ2) is 5.88. The third-order valence-electron chi connectivity index (χ3n) is 2.95. The molecule has 0 saturated carbocycles. The monoisotopic (exact) mass is 381 g/mol. The van der Waals surface area contributed by atoms with Gasteiger partial charge in [-0.25, -0.2) is 0 Å². The molecule has 0 bridgehead atoms. The van der Waals surface area contributed by atoms with Gasteiger partial charge in [0, 0.05) is 14.6 Å². The standard InChI is InChI=1S/C15H13Br2NO/c1-9-5-3-6-11(14(9)17)15(19)18-13-8-4-7-12(16)10(13)2/h3-8H,1-2H3,(H,18,19). The van der Waals surface area contributed by atoms with Crippen LogP contribution in [0.4, 0.5) is 5.69 Å². The van der Waals surface area contributed by atoms with E-state index in [0.717, 1.165) is 25.8 Å². The van der Waals surface area contributed by atoms with E-state index in [1.165, 1.54) is 0 Å². The first-order valence-corrected chi connectivity index (χ1v) is 7.41. The molecular weight excluding hydrogens is 370 g/mol. The van der Waals surface area contributed by atoms with Gasteiger partial charge in [-0.15, -0.1) is 0 Å². The maximum absolute atomic E-state index is 12.3. The van der Waals surface area contributed by atoms with E-state index in [1.54, 1.807) is 6.07 Å². The Hall–Kier alpha value is -1.13. The molecule has 0 aliphatic rings. The van der Waals surface area contributed by atoms with Crippen molar-refractivity contribution in [3.63, 3.8) is 0 Å². The van der Waals surface area contributed by atoms with E-state index in [-0.39, 0.29) is 5.91 Å². The number of benzene rings is 2. The fourth-order valence-corrected chi connectivity index (χ4v) is 2.57. The minimum Gasteiger partial charge on any atom is -0.322 e. The third kappa shape index (κ3) is 3.07. The van der Waals surface area contributed by atoms with Crippen molar-refractivity contribution < 1.29 is 4.79 Å². The molecular formula is C15H13Br2NO. The van der Waals surface area contributed by atoms with E-state index in [9.17, 15) is 4.79 Å². The number of carbonyl (C=O) groups is 1. The average Bonchev–Trinajstić information content (AvgIpc) is 2.38. The van der Waals surface area contributed by atoms with Gasteiger partial charge in [0.25, 0.3) is 5.91 Å². The minimum atomic E-state index is -0.114. The average molecular weight is 383 g/mol. The van der Waals surface area contributed by atoms with Gasteiger partial charge < -0.3 is 5.32 Å². The van der Waals surface area contributed by atoms with Gasteiger partial charge in [0.2, 0.25) is 0 Å². The number of halogens is 2. The quantitative estimate of drug-likeness (QED) is 0.770. The van der Waals surface area contributed by atoms with Crippen LogP contribution in [-0.2, 0) is 0 Å². The Bertz CT molecular complexity index is 638. The molecule has 2 aromatic rings. The lowest BCUT2D eigenvalue weighted by atomic mass is 10.1. The molecule has 1 N–H and O–H groups in total. The maximum Gasteiger partial charge on any atom is 0.256 e. The van der Waals surface area contributed by atoms with E-state index in [4.69, 9.17) is 0 Å². The van der Waals surface area contributed by atoms with Crippen LogP contribution >= 0.6 is 31.9 Å². The van der Waals surface area contributed by atoms with Crippen molar-refractivity contribution in [2.45, 2.75) is 13.8 Å². The Balaban J connectivity index is 2.31. The van der Waals surface area contributed by atoms with Gasteiger partial charge in [-0.3, -0.25) is 4.79 Å². The molecule has 1 amide bonds. The summed E-state index contributed by atoms with van der Waals surface area (Å²) in [6.45, 7) is 3.93. The Morgan fingerprint density at radius 2 is 1.74 bits per heavy atom. The van der Waals surface area contributed by atoms with Crippen LogP contribution < -0.4 is 5.32 Å². The van der Waals surface area contributed by atoms with Crippen molar-refractivity contribution in [3.05, 3.63) is 62.0 Å². The molecule has 0 aliphatic carbocycles. The number of hydrogen-bond acceptors (Lipinski definition) is 1. The first-order chi connectivity index (χ1) is 9.00. The van der Waals surface area contributed by atoms with Crippen LogP contribution in [0.2, 0.25) is 0 Å². The van der Waals surface area contributed by atoms with Crippen LogP contribution in [0.25, 0.3) is 0 Å². The zero-order valence-corrected chi connectivity index (χ0v) is 13.8. The molecule has 0 unspecified atom stereocenters. The van der Waals surface area contributed by atoms with Crippen molar-refractivity contribution in [1.82, 2.24) is 0 Å². The van der Waals surface area contributed by atoms with Crippen LogP contribution in [0, 0.1) is 13.8 Å². The Morgan fingerprint density at radius 3 is 2.47 bits per heavy atom. The zero-order chi connectivity index (χ0) is 14.0. The predicted molar refractivity (Wildman–Crippen MR) is 85.7 cm³/mol. The number of rotatable bonds is 2. The summed E-state index contributed by atoms with van der Waals surface area (Å²) in [4.78, 5) is 12.3. The summed E-state index contributed by atoms with van der Waals surface area (Å²) < 4.78 is 1.81. The van der Waals surface area contributed by atoms with E-state index in [0.29, 0.717) is 5.56 Å². The molecule has 0 atom stereocenters. The minimum absolute atomic E-state index is 0.114. The SMILES string of the molecule is Cc1cccc(C(=O)Nc2cccc(Br)c2C)c1Br. The summed E-state index contributed by atoms with van der Waals surface area (Å²) in [6, 6.07) is 11.4. The lowest BCUT2D eigenvalue weighted by molar-refractivity contribution is 0.102. The number of anilines is 1. The normalized spacial score (nSPS) is 10.3. The summed E-state index contributed by atoms with van der Waals surface area (Å²) in [6.07, 6.45) is 0. The van der Waals surface area contributed by atoms with Crippen LogP contribution in [0.5, 0.6) is 0 Å². The highest BCUT2D eigenvalue weighted by atomic mass is 79.9. The molecule has 0 aliphatic heterocycles. The lowest BCUT2D eigenvalue weighted by Gasteiger charge is -2.11. The second-order valence-corrected chi connectivity index (χ2v) is 5.95.